The molecule has 19 heavy (non-hydrogen) atoms. The maximum absolute atomic E-state index is 3.67. The standard InChI is InChI=1S/C14H30.C5H10/c1-7-9-11-13(4)14(5,6)12(3)10-8-2;1-4-5(2)3/h12-13H,7-11H2,1-6H3;2,4H2,1,3H3. The van der Waals surface area contributed by atoms with Crippen molar-refractivity contribution in [3.05, 3.63) is 12.2 Å². The van der Waals surface area contributed by atoms with Gasteiger partial charge in [-0.2, -0.15) is 0 Å². The third kappa shape index (κ3) is 10.2. The molecule has 0 aliphatic heterocycles. The zero-order valence-corrected chi connectivity index (χ0v) is 15.1. The third-order valence-electron chi connectivity index (χ3n) is 4.86. The van der Waals surface area contributed by atoms with Gasteiger partial charge in [-0.1, -0.05) is 86.1 Å². The summed E-state index contributed by atoms with van der Waals surface area (Å²) in [5.41, 5.74) is 1.77. The zero-order valence-electron chi connectivity index (χ0n) is 15.1. The molecule has 0 saturated carbocycles. The Labute approximate surface area is 124 Å². The first-order valence-corrected chi connectivity index (χ1v) is 8.38. The summed E-state index contributed by atoms with van der Waals surface area (Å²) < 4.78 is 0. The molecule has 0 fully saturated rings. The van der Waals surface area contributed by atoms with Crippen molar-refractivity contribution in [1.82, 2.24) is 0 Å². The fourth-order valence-corrected chi connectivity index (χ4v) is 2.17. The van der Waals surface area contributed by atoms with Gasteiger partial charge in [0.15, 0.2) is 0 Å². The van der Waals surface area contributed by atoms with Gasteiger partial charge in [0.05, 0.1) is 0 Å². The van der Waals surface area contributed by atoms with Gasteiger partial charge in [-0.3, -0.25) is 0 Å². The molecule has 0 nitrogen and oxygen atoms in total. The maximum Gasteiger partial charge on any atom is -0.0303 e. The molecule has 0 bridgehead atoms. The first-order valence-electron chi connectivity index (χ1n) is 8.38. The Kier molecular flexibility index (Phi) is 12.8. The largest absolute Gasteiger partial charge is 0.100 e. The molecule has 0 heteroatoms. The summed E-state index contributed by atoms with van der Waals surface area (Å²) in [4.78, 5) is 0. The van der Waals surface area contributed by atoms with Gasteiger partial charge < -0.3 is 0 Å². The third-order valence-corrected chi connectivity index (χ3v) is 4.86. The van der Waals surface area contributed by atoms with Crippen LogP contribution in [0.25, 0.3) is 0 Å². The molecule has 0 aliphatic rings. The van der Waals surface area contributed by atoms with Crippen LogP contribution in [0.2, 0.25) is 0 Å². The highest BCUT2D eigenvalue weighted by atomic mass is 14.4. The lowest BCUT2D eigenvalue weighted by Crippen LogP contribution is -2.29. The fraction of sp³-hybridized carbons (Fsp3) is 0.895. The molecule has 116 valence electrons. The zero-order chi connectivity index (χ0) is 15.5. The van der Waals surface area contributed by atoms with E-state index in [4.69, 9.17) is 0 Å². The minimum absolute atomic E-state index is 0.519. The predicted molar refractivity (Wildman–Crippen MR) is 91.6 cm³/mol. The van der Waals surface area contributed by atoms with Crippen molar-refractivity contribution in [3.63, 3.8) is 0 Å². The summed E-state index contributed by atoms with van der Waals surface area (Å²) in [5, 5.41) is 0. The summed E-state index contributed by atoms with van der Waals surface area (Å²) in [6, 6.07) is 0. The van der Waals surface area contributed by atoms with E-state index in [0.29, 0.717) is 5.41 Å². The SMILES string of the molecule is C=C(C)CC.CCCCC(C)C(C)(C)C(C)CCC. The first-order chi connectivity index (χ1) is 8.73. The van der Waals surface area contributed by atoms with Crippen LogP contribution in [0.3, 0.4) is 0 Å². The van der Waals surface area contributed by atoms with Gasteiger partial charge >= 0.3 is 0 Å². The average Bonchev–Trinajstić information content (AvgIpc) is 2.36. The minimum Gasteiger partial charge on any atom is -0.100 e. The second-order valence-corrected chi connectivity index (χ2v) is 6.87. The Morgan fingerprint density at radius 3 is 1.68 bits per heavy atom. The van der Waals surface area contributed by atoms with Crippen molar-refractivity contribution in [2.75, 3.05) is 0 Å². The molecule has 0 aromatic carbocycles. The van der Waals surface area contributed by atoms with Gasteiger partial charge in [0.2, 0.25) is 0 Å². The molecule has 0 aromatic heterocycles. The average molecular weight is 269 g/mol. The van der Waals surface area contributed by atoms with Crippen LogP contribution in [0.5, 0.6) is 0 Å². The number of rotatable bonds is 8. The van der Waals surface area contributed by atoms with Crippen LogP contribution in [0.1, 0.15) is 93.9 Å². The van der Waals surface area contributed by atoms with E-state index in [2.05, 4.69) is 55.0 Å². The van der Waals surface area contributed by atoms with E-state index in [1.165, 1.54) is 37.7 Å². The molecule has 0 aliphatic carbocycles. The summed E-state index contributed by atoms with van der Waals surface area (Å²) >= 11 is 0. The van der Waals surface area contributed by atoms with E-state index in [0.717, 1.165) is 18.3 Å². The van der Waals surface area contributed by atoms with Gasteiger partial charge in [0.25, 0.3) is 0 Å². The quantitative estimate of drug-likeness (QED) is 0.407. The van der Waals surface area contributed by atoms with Crippen LogP contribution >= 0.6 is 0 Å². The molecule has 2 atom stereocenters. The topological polar surface area (TPSA) is 0 Å². The lowest BCUT2D eigenvalue weighted by molar-refractivity contribution is 0.121. The molecule has 0 saturated heterocycles. The molecule has 2 unspecified atom stereocenters. The van der Waals surface area contributed by atoms with Crippen LogP contribution in [-0.4, -0.2) is 0 Å². The number of hydrogen-bond acceptors (Lipinski definition) is 0. The molecule has 0 heterocycles. The molecular weight excluding hydrogens is 228 g/mol. The van der Waals surface area contributed by atoms with Gasteiger partial charge in [0.1, 0.15) is 0 Å². The number of allylic oxidation sites excluding steroid dienone is 1. The fourth-order valence-electron chi connectivity index (χ4n) is 2.17. The van der Waals surface area contributed by atoms with E-state index in [9.17, 15) is 0 Å². The highest BCUT2D eigenvalue weighted by molar-refractivity contribution is 4.84. The molecule has 0 N–H and O–H groups in total. The van der Waals surface area contributed by atoms with Gasteiger partial charge in [-0.25, -0.2) is 0 Å². The summed E-state index contributed by atoms with van der Waals surface area (Å²) in [6.07, 6.45) is 7.94. The van der Waals surface area contributed by atoms with Crippen LogP contribution in [0.15, 0.2) is 12.2 Å². The Balaban J connectivity index is 0. The van der Waals surface area contributed by atoms with Crippen LogP contribution < -0.4 is 0 Å². The van der Waals surface area contributed by atoms with Gasteiger partial charge in [0, 0.05) is 0 Å². The van der Waals surface area contributed by atoms with Crippen molar-refractivity contribution in [2.45, 2.75) is 93.9 Å². The van der Waals surface area contributed by atoms with Crippen molar-refractivity contribution >= 4 is 0 Å². The normalized spacial score (nSPS) is 14.3. The van der Waals surface area contributed by atoms with Crippen LogP contribution in [-0.2, 0) is 0 Å². The summed E-state index contributed by atoms with van der Waals surface area (Å²) in [6.45, 7) is 22.1. The first kappa shape index (κ1) is 21.0. The lowest BCUT2D eigenvalue weighted by Gasteiger charge is -2.38. The van der Waals surface area contributed by atoms with E-state index in [1.54, 1.807) is 0 Å². The highest BCUT2D eigenvalue weighted by Gasteiger charge is 2.30. The van der Waals surface area contributed by atoms with Crippen molar-refractivity contribution in [2.24, 2.45) is 17.3 Å². The number of hydrogen-bond donors (Lipinski definition) is 0. The van der Waals surface area contributed by atoms with Crippen LogP contribution in [0.4, 0.5) is 0 Å². The second kappa shape index (κ2) is 11.6. The van der Waals surface area contributed by atoms with E-state index >= 15 is 0 Å². The van der Waals surface area contributed by atoms with Crippen molar-refractivity contribution in [3.8, 4) is 0 Å². The second-order valence-electron chi connectivity index (χ2n) is 6.87. The smallest absolute Gasteiger partial charge is 0.0303 e. The lowest BCUT2D eigenvalue weighted by atomic mass is 9.68. The van der Waals surface area contributed by atoms with Crippen LogP contribution in [0, 0.1) is 17.3 Å². The number of unbranched alkanes of at least 4 members (excludes halogenated alkanes) is 1. The Morgan fingerprint density at radius 2 is 1.37 bits per heavy atom. The van der Waals surface area contributed by atoms with Gasteiger partial charge in [-0.15, -0.1) is 6.58 Å². The summed E-state index contributed by atoms with van der Waals surface area (Å²) in [5.74, 6) is 1.73. The molecular formula is C19H40. The highest BCUT2D eigenvalue weighted by Crippen LogP contribution is 2.39. The molecule has 0 aromatic rings. The van der Waals surface area contributed by atoms with Crippen molar-refractivity contribution < 1.29 is 0 Å². The molecule has 0 amide bonds. The minimum atomic E-state index is 0.519. The van der Waals surface area contributed by atoms with E-state index in [1.807, 2.05) is 6.92 Å². The monoisotopic (exact) mass is 268 g/mol. The maximum atomic E-state index is 3.67. The Hall–Kier alpha value is -0.260. The predicted octanol–water partition coefficient (Wildman–Crippen LogP) is 7.25. The van der Waals surface area contributed by atoms with Crippen molar-refractivity contribution in [1.29, 1.82) is 0 Å². The van der Waals surface area contributed by atoms with E-state index in [-0.39, 0.29) is 0 Å². The molecule has 0 rings (SSSR count). The Morgan fingerprint density at radius 1 is 0.947 bits per heavy atom. The Bertz CT molecular complexity index is 212. The summed E-state index contributed by atoms with van der Waals surface area (Å²) in [7, 11) is 0. The van der Waals surface area contributed by atoms with Gasteiger partial charge in [-0.05, 0) is 30.6 Å². The molecule has 0 radical (unpaired) electrons. The van der Waals surface area contributed by atoms with E-state index < -0.39 is 0 Å². The molecule has 0 spiro atoms.